The molecule has 2 nitrogen and oxygen atoms in total. The van der Waals surface area contributed by atoms with Gasteiger partial charge in [-0.3, -0.25) is 0 Å². The number of hydrogen-bond donors (Lipinski definition) is 0. The molecule has 0 saturated heterocycles. The van der Waals surface area contributed by atoms with Crippen molar-refractivity contribution in [2.24, 2.45) is 0 Å². The minimum absolute atomic E-state index is 0.341. The van der Waals surface area contributed by atoms with Gasteiger partial charge in [0.25, 0.3) is 0 Å². The van der Waals surface area contributed by atoms with Crippen LogP contribution in [0.2, 0.25) is 0 Å². The van der Waals surface area contributed by atoms with E-state index in [-0.39, 0.29) is 0 Å². The summed E-state index contributed by atoms with van der Waals surface area (Å²) in [5, 5.41) is 4.13. The summed E-state index contributed by atoms with van der Waals surface area (Å²) in [5.74, 6) is 0.341. The van der Waals surface area contributed by atoms with Crippen LogP contribution in [0.15, 0.2) is 36.7 Å². The Kier molecular flexibility index (Phi) is 3.15. The molecule has 0 unspecified atom stereocenters. The number of rotatable bonds is 2. The van der Waals surface area contributed by atoms with E-state index in [4.69, 9.17) is 0 Å². The normalized spacial score (nSPS) is 12.1. The Balaban J connectivity index is 2.29. The van der Waals surface area contributed by atoms with E-state index >= 15 is 0 Å². The van der Waals surface area contributed by atoms with Crippen LogP contribution in [0.25, 0.3) is 5.69 Å². The number of hydrogen-bond acceptors (Lipinski definition) is 1. The van der Waals surface area contributed by atoms with Crippen LogP contribution < -0.4 is 0 Å². The van der Waals surface area contributed by atoms with Gasteiger partial charge < -0.3 is 0 Å². The summed E-state index contributed by atoms with van der Waals surface area (Å²) in [4.78, 5) is 0. The average Bonchev–Trinajstić information content (AvgIpc) is 2.77. The van der Waals surface area contributed by atoms with Crippen LogP contribution in [0, 0.1) is 0 Å². The van der Waals surface area contributed by atoms with Crippen molar-refractivity contribution < 1.29 is 13.2 Å². The minimum atomic E-state index is -4.30. The van der Waals surface area contributed by atoms with E-state index in [1.807, 2.05) is 20.0 Å². The number of alkyl halides is 3. The highest BCUT2D eigenvalue weighted by Crippen LogP contribution is 2.29. The molecule has 5 heteroatoms. The van der Waals surface area contributed by atoms with E-state index in [1.165, 1.54) is 12.1 Å². The second kappa shape index (κ2) is 4.48. The van der Waals surface area contributed by atoms with Crippen molar-refractivity contribution in [1.29, 1.82) is 0 Å². The van der Waals surface area contributed by atoms with Gasteiger partial charge in [-0.1, -0.05) is 13.8 Å². The lowest BCUT2D eigenvalue weighted by molar-refractivity contribution is -0.137. The van der Waals surface area contributed by atoms with Gasteiger partial charge in [-0.05, 0) is 35.7 Å². The fourth-order valence-corrected chi connectivity index (χ4v) is 1.58. The minimum Gasteiger partial charge on any atom is -0.241 e. The number of aromatic nitrogens is 2. The van der Waals surface area contributed by atoms with Crippen LogP contribution in [-0.2, 0) is 6.18 Å². The summed E-state index contributed by atoms with van der Waals surface area (Å²) in [6.07, 6.45) is -0.749. The summed E-state index contributed by atoms with van der Waals surface area (Å²) in [5.41, 5.74) is 1.02. The summed E-state index contributed by atoms with van der Waals surface area (Å²) in [6.45, 7) is 4.07. The number of nitrogens with zero attached hydrogens (tertiary/aromatic N) is 2. The van der Waals surface area contributed by atoms with Crippen LogP contribution in [0.3, 0.4) is 0 Å². The van der Waals surface area contributed by atoms with Crippen molar-refractivity contribution in [1.82, 2.24) is 9.78 Å². The SMILES string of the molecule is CC(C)c1cnn(-c2ccc(C(F)(F)F)cc2)c1. The Hall–Kier alpha value is -1.78. The van der Waals surface area contributed by atoms with Crippen molar-refractivity contribution in [3.05, 3.63) is 47.8 Å². The standard InChI is InChI=1S/C13H13F3N2/c1-9(2)10-7-17-18(8-10)12-5-3-11(4-6-12)13(14,15)16/h3-9H,1-2H3. The van der Waals surface area contributed by atoms with E-state index in [0.29, 0.717) is 11.6 Å². The Morgan fingerprint density at radius 3 is 2.17 bits per heavy atom. The van der Waals surface area contributed by atoms with E-state index in [1.54, 1.807) is 10.9 Å². The zero-order valence-corrected chi connectivity index (χ0v) is 10.1. The monoisotopic (exact) mass is 254 g/mol. The molecule has 0 aliphatic rings. The summed E-state index contributed by atoms with van der Waals surface area (Å²) < 4.78 is 38.8. The first-order valence-electron chi connectivity index (χ1n) is 5.60. The molecule has 0 radical (unpaired) electrons. The van der Waals surface area contributed by atoms with Crippen LogP contribution in [0.1, 0.15) is 30.9 Å². The Bertz CT molecular complexity index is 524. The smallest absolute Gasteiger partial charge is 0.241 e. The molecule has 96 valence electrons. The molecular weight excluding hydrogens is 241 g/mol. The second-order valence-electron chi connectivity index (χ2n) is 4.42. The molecule has 0 fully saturated rings. The topological polar surface area (TPSA) is 17.8 Å². The third-order valence-corrected chi connectivity index (χ3v) is 2.73. The molecule has 0 spiro atoms. The third-order valence-electron chi connectivity index (χ3n) is 2.73. The maximum absolute atomic E-state index is 12.4. The lowest BCUT2D eigenvalue weighted by atomic mass is 10.1. The Labute approximate surface area is 103 Å². The van der Waals surface area contributed by atoms with Crippen molar-refractivity contribution in [2.45, 2.75) is 25.9 Å². The molecule has 18 heavy (non-hydrogen) atoms. The second-order valence-corrected chi connectivity index (χ2v) is 4.42. The molecule has 0 aliphatic heterocycles. The van der Waals surface area contributed by atoms with Crippen LogP contribution in [0.4, 0.5) is 13.2 Å². The summed E-state index contributed by atoms with van der Waals surface area (Å²) >= 11 is 0. The van der Waals surface area contributed by atoms with Gasteiger partial charge in [-0.15, -0.1) is 0 Å². The molecule has 0 amide bonds. The zero-order chi connectivity index (χ0) is 13.3. The van der Waals surface area contributed by atoms with E-state index in [2.05, 4.69) is 5.10 Å². The van der Waals surface area contributed by atoms with Crippen molar-refractivity contribution in [2.75, 3.05) is 0 Å². The van der Waals surface area contributed by atoms with Gasteiger partial charge in [0.2, 0.25) is 0 Å². The van der Waals surface area contributed by atoms with Gasteiger partial charge in [-0.2, -0.15) is 18.3 Å². The maximum atomic E-state index is 12.4. The quantitative estimate of drug-likeness (QED) is 0.791. The molecule has 0 saturated carbocycles. The third kappa shape index (κ3) is 2.55. The van der Waals surface area contributed by atoms with Crippen LogP contribution in [0.5, 0.6) is 0 Å². The molecule has 1 aromatic carbocycles. The Morgan fingerprint density at radius 2 is 1.72 bits per heavy atom. The first-order valence-corrected chi connectivity index (χ1v) is 5.60. The van der Waals surface area contributed by atoms with Gasteiger partial charge in [-0.25, -0.2) is 4.68 Å². The molecule has 0 atom stereocenters. The number of halogens is 3. The highest BCUT2D eigenvalue weighted by molar-refractivity contribution is 5.35. The molecule has 1 heterocycles. The fourth-order valence-electron chi connectivity index (χ4n) is 1.58. The predicted octanol–water partition coefficient (Wildman–Crippen LogP) is 4.01. The number of benzene rings is 1. The Morgan fingerprint density at radius 1 is 1.11 bits per heavy atom. The van der Waals surface area contributed by atoms with Crippen molar-refractivity contribution >= 4 is 0 Å². The van der Waals surface area contributed by atoms with Gasteiger partial charge >= 0.3 is 6.18 Å². The molecule has 0 N–H and O–H groups in total. The van der Waals surface area contributed by atoms with Crippen molar-refractivity contribution in [3.63, 3.8) is 0 Å². The van der Waals surface area contributed by atoms with Gasteiger partial charge in [0.1, 0.15) is 0 Å². The first-order chi connectivity index (χ1) is 8.38. The summed E-state index contributed by atoms with van der Waals surface area (Å²) in [7, 11) is 0. The van der Waals surface area contributed by atoms with Crippen molar-refractivity contribution in [3.8, 4) is 5.69 Å². The largest absolute Gasteiger partial charge is 0.416 e. The lowest BCUT2D eigenvalue weighted by Crippen LogP contribution is -2.05. The van der Waals surface area contributed by atoms with Gasteiger partial charge in [0.05, 0.1) is 17.4 Å². The summed E-state index contributed by atoms with van der Waals surface area (Å²) in [6, 6.07) is 4.96. The van der Waals surface area contributed by atoms with Gasteiger partial charge in [0, 0.05) is 6.20 Å². The van der Waals surface area contributed by atoms with Crippen LogP contribution >= 0.6 is 0 Å². The highest BCUT2D eigenvalue weighted by Gasteiger charge is 2.29. The predicted molar refractivity (Wildman–Crippen MR) is 62.7 cm³/mol. The molecule has 0 aliphatic carbocycles. The van der Waals surface area contributed by atoms with Gasteiger partial charge in [0.15, 0.2) is 0 Å². The fraction of sp³-hybridized carbons (Fsp3) is 0.308. The molecule has 1 aromatic heterocycles. The lowest BCUT2D eigenvalue weighted by Gasteiger charge is -2.07. The molecule has 2 aromatic rings. The highest BCUT2D eigenvalue weighted by atomic mass is 19.4. The maximum Gasteiger partial charge on any atom is 0.416 e. The van der Waals surface area contributed by atoms with E-state index < -0.39 is 11.7 Å². The van der Waals surface area contributed by atoms with E-state index in [0.717, 1.165) is 17.7 Å². The van der Waals surface area contributed by atoms with E-state index in [9.17, 15) is 13.2 Å². The molecular formula is C13H13F3N2. The average molecular weight is 254 g/mol. The zero-order valence-electron chi connectivity index (χ0n) is 10.1. The molecule has 2 rings (SSSR count). The first kappa shape index (κ1) is 12.7. The molecule has 0 bridgehead atoms. The van der Waals surface area contributed by atoms with Crippen LogP contribution in [-0.4, -0.2) is 9.78 Å².